The average Bonchev–Trinajstić information content (AvgIpc) is 2.67. The first-order valence-corrected chi connectivity index (χ1v) is 7.62. The predicted molar refractivity (Wildman–Crippen MR) is 84.5 cm³/mol. The van der Waals surface area contributed by atoms with Gasteiger partial charge >= 0.3 is 0 Å². The Labute approximate surface area is 120 Å². The number of fused-ring (bicyclic) bond motifs is 1. The molecule has 0 spiro atoms. The van der Waals surface area contributed by atoms with Crippen molar-refractivity contribution in [1.29, 1.82) is 0 Å². The lowest BCUT2D eigenvalue weighted by atomic mass is 10.1. The SMILES string of the molecule is CC1CCCCCN1Cc1ccc(N)c2cccnc12. The molecule has 3 nitrogen and oxygen atoms in total. The Morgan fingerprint density at radius 1 is 1.25 bits per heavy atom. The van der Waals surface area contributed by atoms with Crippen LogP contribution in [-0.2, 0) is 6.54 Å². The van der Waals surface area contributed by atoms with Gasteiger partial charge in [0.05, 0.1) is 5.52 Å². The lowest BCUT2D eigenvalue weighted by Crippen LogP contribution is -2.32. The molecule has 0 aliphatic carbocycles. The van der Waals surface area contributed by atoms with Crippen LogP contribution in [0.3, 0.4) is 0 Å². The molecule has 0 saturated carbocycles. The van der Waals surface area contributed by atoms with Crippen molar-refractivity contribution in [2.45, 2.75) is 45.2 Å². The average molecular weight is 269 g/mol. The summed E-state index contributed by atoms with van der Waals surface area (Å²) < 4.78 is 0. The second kappa shape index (κ2) is 5.80. The fourth-order valence-corrected chi connectivity index (χ4v) is 3.17. The summed E-state index contributed by atoms with van der Waals surface area (Å²) in [6.45, 7) is 4.52. The highest BCUT2D eigenvalue weighted by atomic mass is 15.1. The zero-order valence-corrected chi connectivity index (χ0v) is 12.2. The lowest BCUT2D eigenvalue weighted by Gasteiger charge is -2.27. The first-order chi connectivity index (χ1) is 9.75. The van der Waals surface area contributed by atoms with E-state index in [1.54, 1.807) is 0 Å². The Morgan fingerprint density at radius 3 is 3.05 bits per heavy atom. The van der Waals surface area contributed by atoms with E-state index in [9.17, 15) is 0 Å². The van der Waals surface area contributed by atoms with Gasteiger partial charge in [-0.2, -0.15) is 0 Å². The Morgan fingerprint density at radius 2 is 2.15 bits per heavy atom. The van der Waals surface area contributed by atoms with Gasteiger partial charge in [0, 0.05) is 29.9 Å². The van der Waals surface area contributed by atoms with Crippen LogP contribution in [0.4, 0.5) is 5.69 Å². The Kier molecular flexibility index (Phi) is 3.88. The summed E-state index contributed by atoms with van der Waals surface area (Å²) in [5, 5.41) is 1.08. The summed E-state index contributed by atoms with van der Waals surface area (Å²) in [6.07, 6.45) is 7.20. The zero-order chi connectivity index (χ0) is 13.9. The quantitative estimate of drug-likeness (QED) is 0.847. The molecule has 1 aliphatic heterocycles. The smallest absolute Gasteiger partial charge is 0.0767 e. The largest absolute Gasteiger partial charge is 0.398 e. The number of rotatable bonds is 2. The van der Waals surface area contributed by atoms with Gasteiger partial charge in [0.1, 0.15) is 0 Å². The molecule has 1 unspecified atom stereocenters. The molecule has 1 atom stereocenters. The Bertz CT molecular complexity index is 594. The molecule has 1 aromatic carbocycles. The highest BCUT2D eigenvalue weighted by molar-refractivity contribution is 5.92. The third kappa shape index (κ3) is 2.63. The standard InChI is InChI=1S/C17H23N3/c1-13-6-3-2-4-11-20(13)12-14-8-9-16(18)15-7-5-10-19-17(14)15/h5,7-10,13H,2-4,6,11-12,18H2,1H3. The van der Waals surface area contributed by atoms with Gasteiger partial charge in [0.25, 0.3) is 0 Å². The Hall–Kier alpha value is -1.61. The number of pyridine rings is 1. The number of benzene rings is 1. The van der Waals surface area contributed by atoms with Gasteiger partial charge in [0.15, 0.2) is 0 Å². The van der Waals surface area contributed by atoms with Crippen molar-refractivity contribution in [3.05, 3.63) is 36.0 Å². The number of likely N-dealkylation sites (tertiary alicyclic amines) is 1. The summed E-state index contributed by atoms with van der Waals surface area (Å²) in [5.74, 6) is 0. The van der Waals surface area contributed by atoms with Crippen molar-refractivity contribution in [2.75, 3.05) is 12.3 Å². The summed E-state index contributed by atoms with van der Waals surface area (Å²) in [5.41, 5.74) is 9.23. The van der Waals surface area contributed by atoms with Crippen LogP contribution >= 0.6 is 0 Å². The summed E-state index contributed by atoms with van der Waals surface area (Å²) in [6, 6.07) is 8.84. The van der Waals surface area contributed by atoms with E-state index in [0.717, 1.165) is 23.1 Å². The first-order valence-electron chi connectivity index (χ1n) is 7.62. The number of aromatic nitrogens is 1. The topological polar surface area (TPSA) is 42.1 Å². The van der Waals surface area contributed by atoms with Crippen LogP contribution in [0.1, 0.15) is 38.2 Å². The molecule has 106 valence electrons. The maximum absolute atomic E-state index is 6.06. The minimum atomic E-state index is 0.661. The molecular formula is C17H23N3. The van der Waals surface area contributed by atoms with Crippen LogP contribution in [0, 0.1) is 0 Å². The van der Waals surface area contributed by atoms with E-state index in [0.29, 0.717) is 6.04 Å². The molecule has 0 bridgehead atoms. The van der Waals surface area contributed by atoms with Gasteiger partial charge in [-0.3, -0.25) is 9.88 Å². The second-order valence-electron chi connectivity index (χ2n) is 5.88. The molecule has 1 aliphatic rings. The van der Waals surface area contributed by atoms with Gasteiger partial charge in [-0.1, -0.05) is 18.9 Å². The molecule has 2 N–H and O–H groups in total. The molecular weight excluding hydrogens is 246 g/mol. The van der Waals surface area contributed by atoms with Gasteiger partial charge < -0.3 is 5.73 Å². The van der Waals surface area contributed by atoms with E-state index in [-0.39, 0.29) is 0 Å². The van der Waals surface area contributed by atoms with E-state index in [2.05, 4.69) is 28.9 Å². The number of anilines is 1. The minimum Gasteiger partial charge on any atom is -0.398 e. The molecule has 1 saturated heterocycles. The molecule has 3 heteroatoms. The number of nitrogens with two attached hydrogens (primary N) is 1. The van der Waals surface area contributed by atoms with Crippen LogP contribution in [0.25, 0.3) is 10.9 Å². The summed E-state index contributed by atoms with van der Waals surface area (Å²) in [7, 11) is 0. The van der Waals surface area contributed by atoms with Gasteiger partial charge in [-0.25, -0.2) is 0 Å². The number of hydrogen-bond donors (Lipinski definition) is 1. The molecule has 2 aromatic rings. The molecule has 1 aromatic heterocycles. The van der Waals surface area contributed by atoms with Crippen LogP contribution in [0.15, 0.2) is 30.5 Å². The number of hydrogen-bond acceptors (Lipinski definition) is 3. The van der Waals surface area contributed by atoms with Crippen molar-refractivity contribution < 1.29 is 0 Å². The van der Waals surface area contributed by atoms with E-state index >= 15 is 0 Å². The van der Waals surface area contributed by atoms with Crippen LogP contribution in [-0.4, -0.2) is 22.5 Å². The molecule has 0 amide bonds. The maximum atomic E-state index is 6.06. The van der Waals surface area contributed by atoms with Crippen LogP contribution in [0.5, 0.6) is 0 Å². The molecule has 2 heterocycles. The second-order valence-corrected chi connectivity index (χ2v) is 5.88. The Balaban J connectivity index is 1.92. The molecule has 3 rings (SSSR count). The summed E-state index contributed by atoms with van der Waals surface area (Å²) in [4.78, 5) is 7.14. The van der Waals surface area contributed by atoms with Crippen molar-refractivity contribution in [3.63, 3.8) is 0 Å². The van der Waals surface area contributed by atoms with E-state index in [1.807, 2.05) is 18.3 Å². The number of nitrogen functional groups attached to an aromatic ring is 1. The number of nitrogens with zero attached hydrogens (tertiary/aromatic N) is 2. The highest BCUT2D eigenvalue weighted by Crippen LogP contribution is 2.25. The van der Waals surface area contributed by atoms with Gasteiger partial charge in [0.2, 0.25) is 0 Å². The predicted octanol–water partition coefficient (Wildman–Crippen LogP) is 3.58. The molecule has 0 radical (unpaired) electrons. The van der Waals surface area contributed by atoms with Crippen LogP contribution < -0.4 is 5.73 Å². The third-order valence-electron chi connectivity index (χ3n) is 4.45. The van der Waals surface area contributed by atoms with Crippen molar-refractivity contribution in [3.8, 4) is 0 Å². The monoisotopic (exact) mass is 269 g/mol. The molecule has 20 heavy (non-hydrogen) atoms. The van der Waals surface area contributed by atoms with Gasteiger partial charge in [-0.15, -0.1) is 0 Å². The first kappa shape index (κ1) is 13.4. The maximum Gasteiger partial charge on any atom is 0.0767 e. The molecule has 1 fully saturated rings. The van der Waals surface area contributed by atoms with Crippen molar-refractivity contribution >= 4 is 16.6 Å². The lowest BCUT2D eigenvalue weighted by molar-refractivity contribution is 0.205. The van der Waals surface area contributed by atoms with Crippen molar-refractivity contribution in [1.82, 2.24) is 9.88 Å². The zero-order valence-electron chi connectivity index (χ0n) is 12.2. The fourth-order valence-electron chi connectivity index (χ4n) is 3.17. The van der Waals surface area contributed by atoms with Gasteiger partial charge in [-0.05, 0) is 50.1 Å². The van der Waals surface area contributed by atoms with Crippen LogP contribution in [0.2, 0.25) is 0 Å². The fraction of sp³-hybridized carbons (Fsp3) is 0.471. The van der Waals surface area contributed by atoms with Crippen molar-refractivity contribution in [2.24, 2.45) is 0 Å². The summed E-state index contributed by atoms with van der Waals surface area (Å²) >= 11 is 0. The highest BCUT2D eigenvalue weighted by Gasteiger charge is 2.18. The van der Waals surface area contributed by atoms with E-state index in [4.69, 9.17) is 5.73 Å². The third-order valence-corrected chi connectivity index (χ3v) is 4.45. The van der Waals surface area contributed by atoms with E-state index in [1.165, 1.54) is 37.8 Å². The minimum absolute atomic E-state index is 0.661. The normalized spacial score (nSPS) is 20.9. The van der Waals surface area contributed by atoms with E-state index < -0.39 is 0 Å².